The van der Waals surface area contributed by atoms with Gasteiger partial charge < -0.3 is 23.7 Å². The van der Waals surface area contributed by atoms with E-state index in [1.165, 1.54) is 0 Å². The highest BCUT2D eigenvalue weighted by atomic mass is 16.5. The summed E-state index contributed by atoms with van der Waals surface area (Å²) in [4.78, 5) is 12.1. The van der Waals surface area contributed by atoms with Crippen LogP contribution in [0.5, 0.6) is 17.2 Å². The molecule has 0 radical (unpaired) electrons. The van der Waals surface area contributed by atoms with Crippen molar-refractivity contribution in [2.24, 2.45) is 0 Å². The molecular weight excluding hydrogens is 420 g/mol. The summed E-state index contributed by atoms with van der Waals surface area (Å²) in [5.74, 6) is 2.11. The number of fused-ring (bicyclic) bond motifs is 1. The summed E-state index contributed by atoms with van der Waals surface area (Å²) in [6.45, 7) is 0.505. The molecule has 3 aromatic carbocycles. The minimum absolute atomic E-state index is 0.0933. The van der Waals surface area contributed by atoms with Crippen molar-refractivity contribution in [3.63, 3.8) is 0 Å². The summed E-state index contributed by atoms with van der Waals surface area (Å²) in [5, 5.41) is 9.84. The third-order valence-corrected chi connectivity index (χ3v) is 5.48. The highest BCUT2D eigenvalue weighted by Gasteiger charge is 2.21. The molecule has 0 saturated heterocycles. The summed E-state index contributed by atoms with van der Waals surface area (Å²) in [6.07, 6.45) is 2.09. The molecule has 6 nitrogen and oxygen atoms in total. The largest absolute Gasteiger partial charge is 0.493 e. The van der Waals surface area contributed by atoms with E-state index in [2.05, 4.69) is 0 Å². The van der Waals surface area contributed by atoms with E-state index in [0.717, 1.165) is 17.4 Å². The first kappa shape index (κ1) is 22.4. The van der Waals surface area contributed by atoms with Crippen LogP contribution >= 0.6 is 0 Å². The van der Waals surface area contributed by atoms with Crippen LogP contribution in [0.1, 0.15) is 27.9 Å². The monoisotopic (exact) mass is 446 g/mol. The van der Waals surface area contributed by atoms with Crippen molar-refractivity contribution >= 4 is 17.3 Å². The van der Waals surface area contributed by atoms with Crippen LogP contribution in [0.3, 0.4) is 0 Å². The number of carbonyl (C=O) groups is 1. The first-order valence-corrected chi connectivity index (χ1v) is 10.7. The van der Waals surface area contributed by atoms with Gasteiger partial charge in [0.25, 0.3) is 0 Å². The van der Waals surface area contributed by atoms with Gasteiger partial charge in [0.2, 0.25) is 0 Å². The number of aryl methyl sites for hydroxylation is 1. The Hall–Kier alpha value is -3.77. The molecule has 170 valence electrons. The van der Waals surface area contributed by atoms with E-state index >= 15 is 0 Å². The second-order valence-electron chi connectivity index (χ2n) is 7.60. The second kappa shape index (κ2) is 10.2. The van der Waals surface area contributed by atoms with Gasteiger partial charge in [0.15, 0.2) is 29.1 Å². The zero-order valence-electron chi connectivity index (χ0n) is 18.7. The molecule has 0 aliphatic heterocycles. The van der Waals surface area contributed by atoms with Gasteiger partial charge in [0.05, 0.1) is 19.8 Å². The van der Waals surface area contributed by atoms with Crippen molar-refractivity contribution in [3.8, 4) is 28.6 Å². The van der Waals surface area contributed by atoms with Crippen molar-refractivity contribution < 1.29 is 28.5 Å². The SMILES string of the molecule is COc1cc(-c2oc3c(OC)cc(CCCO)cc3c2C=O)ccc1OCc1ccccc1. The van der Waals surface area contributed by atoms with E-state index in [1.54, 1.807) is 20.3 Å². The lowest BCUT2D eigenvalue weighted by molar-refractivity contribution is 0.112. The molecular formula is C27H26O6. The van der Waals surface area contributed by atoms with Gasteiger partial charge in [-0.3, -0.25) is 4.79 Å². The first-order chi connectivity index (χ1) is 16.2. The number of hydrogen-bond acceptors (Lipinski definition) is 6. The zero-order chi connectivity index (χ0) is 23.2. The molecule has 33 heavy (non-hydrogen) atoms. The fourth-order valence-corrected chi connectivity index (χ4v) is 3.82. The number of aldehydes is 1. The molecule has 0 aliphatic carbocycles. The molecule has 0 amide bonds. The predicted octanol–water partition coefficient (Wildman–Crippen LogP) is 5.43. The third-order valence-electron chi connectivity index (χ3n) is 5.48. The first-order valence-electron chi connectivity index (χ1n) is 10.7. The topological polar surface area (TPSA) is 78.1 Å². The van der Waals surface area contributed by atoms with Crippen LogP contribution in [0.4, 0.5) is 0 Å². The lowest BCUT2D eigenvalue weighted by Gasteiger charge is -2.12. The zero-order valence-corrected chi connectivity index (χ0v) is 18.7. The van der Waals surface area contributed by atoms with Gasteiger partial charge in [-0.25, -0.2) is 0 Å². The molecule has 0 spiro atoms. The Bertz CT molecular complexity index is 1240. The average molecular weight is 446 g/mol. The molecule has 0 fully saturated rings. The summed E-state index contributed by atoms with van der Waals surface area (Å²) >= 11 is 0. The maximum absolute atomic E-state index is 12.1. The Morgan fingerprint density at radius 3 is 2.39 bits per heavy atom. The molecule has 4 aromatic rings. The van der Waals surface area contributed by atoms with E-state index < -0.39 is 0 Å². The van der Waals surface area contributed by atoms with Crippen LogP contribution in [0.15, 0.2) is 65.1 Å². The third kappa shape index (κ3) is 4.71. The minimum Gasteiger partial charge on any atom is -0.493 e. The van der Waals surface area contributed by atoms with Crippen molar-refractivity contribution in [1.82, 2.24) is 0 Å². The number of methoxy groups -OCH3 is 2. The van der Waals surface area contributed by atoms with Gasteiger partial charge >= 0.3 is 0 Å². The number of hydrogen-bond donors (Lipinski definition) is 1. The Morgan fingerprint density at radius 1 is 0.909 bits per heavy atom. The minimum atomic E-state index is 0.0933. The number of rotatable bonds is 10. The van der Waals surface area contributed by atoms with Gasteiger partial charge in [-0.2, -0.15) is 0 Å². The molecule has 4 rings (SSSR count). The van der Waals surface area contributed by atoms with Gasteiger partial charge in [-0.15, -0.1) is 0 Å². The highest BCUT2D eigenvalue weighted by Crippen LogP contribution is 2.41. The van der Waals surface area contributed by atoms with Crippen LogP contribution < -0.4 is 14.2 Å². The summed E-state index contributed by atoms with van der Waals surface area (Å²) in [6, 6.07) is 19.1. The highest BCUT2D eigenvalue weighted by molar-refractivity contribution is 6.04. The molecule has 0 saturated carbocycles. The molecule has 6 heteroatoms. The number of furan rings is 1. The van der Waals surface area contributed by atoms with Crippen molar-refractivity contribution in [2.75, 3.05) is 20.8 Å². The van der Waals surface area contributed by atoms with E-state index in [4.69, 9.17) is 23.7 Å². The fourth-order valence-electron chi connectivity index (χ4n) is 3.82. The fraction of sp³-hybridized carbons (Fsp3) is 0.222. The Kier molecular flexibility index (Phi) is 6.95. The number of benzene rings is 3. The average Bonchev–Trinajstić information content (AvgIpc) is 3.24. The van der Waals surface area contributed by atoms with E-state index in [0.29, 0.717) is 64.6 Å². The Balaban J connectivity index is 1.72. The maximum atomic E-state index is 12.1. The quantitative estimate of drug-likeness (QED) is 0.327. The second-order valence-corrected chi connectivity index (χ2v) is 7.60. The maximum Gasteiger partial charge on any atom is 0.177 e. The molecule has 0 bridgehead atoms. The molecule has 1 aromatic heterocycles. The van der Waals surface area contributed by atoms with Crippen LogP contribution in [0.25, 0.3) is 22.3 Å². The van der Waals surface area contributed by atoms with Gasteiger partial charge in [0, 0.05) is 17.6 Å². The van der Waals surface area contributed by atoms with Crippen LogP contribution in [0.2, 0.25) is 0 Å². The number of ether oxygens (including phenoxy) is 3. The van der Waals surface area contributed by atoms with Crippen molar-refractivity contribution in [1.29, 1.82) is 0 Å². The molecule has 0 aliphatic rings. The van der Waals surface area contributed by atoms with Crippen molar-refractivity contribution in [2.45, 2.75) is 19.4 Å². The van der Waals surface area contributed by atoms with Gasteiger partial charge in [0.1, 0.15) is 12.4 Å². The number of aliphatic hydroxyl groups excluding tert-OH is 1. The predicted molar refractivity (Wildman–Crippen MR) is 126 cm³/mol. The Labute approximate surface area is 192 Å². The summed E-state index contributed by atoms with van der Waals surface area (Å²) < 4.78 is 23.1. The lowest BCUT2D eigenvalue weighted by Crippen LogP contribution is -1.98. The Morgan fingerprint density at radius 2 is 1.70 bits per heavy atom. The number of aliphatic hydroxyl groups is 1. The van der Waals surface area contributed by atoms with Crippen molar-refractivity contribution in [3.05, 3.63) is 77.4 Å². The molecule has 0 unspecified atom stereocenters. The van der Waals surface area contributed by atoms with Crippen LogP contribution in [0, 0.1) is 0 Å². The normalized spacial score (nSPS) is 10.9. The van der Waals surface area contributed by atoms with E-state index in [-0.39, 0.29) is 6.61 Å². The van der Waals surface area contributed by atoms with E-state index in [9.17, 15) is 4.79 Å². The molecule has 1 N–H and O–H groups in total. The standard InChI is InChI=1S/C27H26O6/c1-30-24-15-20(10-11-23(24)32-17-18-7-4-3-5-8-18)26-22(16-29)21-13-19(9-6-12-28)14-25(31-2)27(21)33-26/h3-5,7-8,10-11,13-16,28H,6,9,12,17H2,1-2H3. The van der Waals surface area contributed by atoms with Gasteiger partial charge in [-0.05, 0) is 54.3 Å². The van der Waals surface area contributed by atoms with E-state index in [1.807, 2.05) is 54.6 Å². The lowest BCUT2D eigenvalue weighted by atomic mass is 10.0. The molecule has 1 heterocycles. The van der Waals surface area contributed by atoms with Gasteiger partial charge in [-0.1, -0.05) is 30.3 Å². The smallest absolute Gasteiger partial charge is 0.177 e. The number of carbonyl (C=O) groups excluding carboxylic acids is 1. The van der Waals surface area contributed by atoms with Crippen LogP contribution in [-0.2, 0) is 13.0 Å². The molecule has 0 atom stereocenters. The van der Waals surface area contributed by atoms with Crippen LogP contribution in [-0.4, -0.2) is 32.2 Å². The summed E-state index contributed by atoms with van der Waals surface area (Å²) in [5.41, 5.74) is 3.65. The summed E-state index contributed by atoms with van der Waals surface area (Å²) in [7, 11) is 3.14.